The first-order valence-electron chi connectivity index (χ1n) is 2.63. The third kappa shape index (κ3) is 0.975. The predicted octanol–water partition coefficient (Wildman–Crippen LogP) is 0.165. The lowest BCUT2D eigenvalue weighted by molar-refractivity contribution is 0.0592. The van der Waals surface area contributed by atoms with Gasteiger partial charge in [-0.15, -0.1) is 5.10 Å². The fourth-order valence-electron chi connectivity index (χ4n) is 0.517. The number of rotatable bonds is 1. The van der Waals surface area contributed by atoms with Gasteiger partial charge < -0.3 is 9.26 Å². The van der Waals surface area contributed by atoms with E-state index in [9.17, 15) is 4.79 Å². The Hall–Kier alpha value is -1.39. The summed E-state index contributed by atoms with van der Waals surface area (Å²) in [5, 5.41) is 6.56. The molecule has 0 unspecified atom stereocenters. The second-order valence-electron chi connectivity index (χ2n) is 1.67. The Labute approximate surface area is 57.0 Å². The molecular formula is C5H6N2O3. The highest BCUT2D eigenvalue weighted by Crippen LogP contribution is 2.02. The van der Waals surface area contributed by atoms with Crippen LogP contribution in [0.2, 0.25) is 0 Å². The van der Waals surface area contributed by atoms with Gasteiger partial charge in [0.05, 0.1) is 7.11 Å². The number of carbonyl (C=O) groups is 1. The summed E-state index contributed by atoms with van der Waals surface area (Å²) in [5.74, 6) is -0.161. The molecule has 0 amide bonds. The highest BCUT2D eigenvalue weighted by molar-refractivity contribution is 5.87. The van der Waals surface area contributed by atoms with Crippen molar-refractivity contribution in [3.05, 3.63) is 11.5 Å². The Bertz CT molecular complexity index is 243. The van der Waals surface area contributed by atoms with Crippen LogP contribution in [0.3, 0.4) is 0 Å². The molecule has 0 N–H and O–H groups in total. The van der Waals surface area contributed by atoms with Crippen molar-refractivity contribution in [3.63, 3.8) is 0 Å². The molecule has 1 rings (SSSR count). The Morgan fingerprint density at radius 1 is 1.70 bits per heavy atom. The van der Waals surface area contributed by atoms with E-state index in [1.807, 2.05) is 0 Å². The summed E-state index contributed by atoms with van der Waals surface area (Å²) >= 11 is 0. The summed E-state index contributed by atoms with van der Waals surface area (Å²) in [6, 6.07) is 0. The molecule has 0 radical (unpaired) electrons. The number of aromatic nitrogens is 2. The van der Waals surface area contributed by atoms with Gasteiger partial charge >= 0.3 is 5.97 Å². The number of ether oxygens (including phenoxy) is 1. The van der Waals surface area contributed by atoms with Gasteiger partial charge in [0.15, 0.2) is 5.76 Å². The first-order valence-corrected chi connectivity index (χ1v) is 2.63. The van der Waals surface area contributed by atoms with Crippen LogP contribution < -0.4 is 0 Å². The van der Waals surface area contributed by atoms with Crippen molar-refractivity contribution in [3.8, 4) is 0 Å². The molecule has 1 aromatic heterocycles. The van der Waals surface area contributed by atoms with E-state index in [1.54, 1.807) is 6.92 Å². The van der Waals surface area contributed by atoms with Gasteiger partial charge in [-0.25, -0.2) is 4.79 Å². The average Bonchev–Trinajstić information content (AvgIpc) is 2.34. The van der Waals surface area contributed by atoms with Crippen molar-refractivity contribution >= 4 is 5.97 Å². The molecule has 1 aromatic rings. The Morgan fingerprint density at radius 2 is 2.40 bits per heavy atom. The fraction of sp³-hybridized carbons (Fsp3) is 0.400. The van der Waals surface area contributed by atoms with Crippen LogP contribution in [0.15, 0.2) is 4.52 Å². The van der Waals surface area contributed by atoms with E-state index in [1.165, 1.54) is 7.11 Å². The van der Waals surface area contributed by atoms with E-state index in [-0.39, 0.29) is 5.69 Å². The number of nitrogens with zero attached hydrogens (tertiary/aromatic N) is 2. The van der Waals surface area contributed by atoms with Gasteiger partial charge in [0.25, 0.3) is 0 Å². The summed E-state index contributed by atoms with van der Waals surface area (Å²) in [7, 11) is 1.27. The lowest BCUT2D eigenvalue weighted by Gasteiger charge is -1.90. The third-order valence-corrected chi connectivity index (χ3v) is 1.03. The number of carbonyl (C=O) groups excluding carboxylic acids is 1. The molecule has 54 valence electrons. The Kier molecular flexibility index (Phi) is 1.66. The van der Waals surface area contributed by atoms with E-state index in [0.29, 0.717) is 5.76 Å². The van der Waals surface area contributed by atoms with Crippen molar-refractivity contribution in [2.45, 2.75) is 6.92 Å². The molecule has 0 aliphatic carbocycles. The predicted molar refractivity (Wildman–Crippen MR) is 30.4 cm³/mol. The first-order chi connectivity index (χ1) is 4.75. The zero-order chi connectivity index (χ0) is 7.56. The first kappa shape index (κ1) is 6.73. The minimum Gasteiger partial charge on any atom is -0.464 e. The largest absolute Gasteiger partial charge is 0.464 e. The van der Waals surface area contributed by atoms with Gasteiger partial charge in [0.2, 0.25) is 5.69 Å². The fourth-order valence-corrected chi connectivity index (χ4v) is 0.517. The van der Waals surface area contributed by atoms with Gasteiger partial charge in [-0.3, -0.25) is 0 Å². The minimum absolute atomic E-state index is 0.127. The maximum atomic E-state index is 10.7. The zero-order valence-electron chi connectivity index (χ0n) is 5.62. The van der Waals surface area contributed by atoms with Gasteiger partial charge in [0, 0.05) is 5.27 Å². The van der Waals surface area contributed by atoms with E-state index >= 15 is 0 Å². The van der Waals surface area contributed by atoms with Crippen LogP contribution in [0, 0.1) is 6.92 Å². The molecule has 0 spiro atoms. The van der Waals surface area contributed by atoms with E-state index in [4.69, 9.17) is 0 Å². The smallest absolute Gasteiger partial charge is 0.362 e. The number of aryl methyl sites for hydroxylation is 1. The summed E-state index contributed by atoms with van der Waals surface area (Å²) in [6.07, 6.45) is 0. The van der Waals surface area contributed by atoms with Crippen molar-refractivity contribution in [1.29, 1.82) is 0 Å². The molecule has 1 heterocycles. The summed E-state index contributed by atoms with van der Waals surface area (Å²) < 4.78 is 8.90. The number of hydrogen-bond donors (Lipinski definition) is 0. The lowest BCUT2D eigenvalue weighted by atomic mass is 10.4. The quantitative estimate of drug-likeness (QED) is 0.522. The molecule has 0 aromatic carbocycles. The topological polar surface area (TPSA) is 65.2 Å². The van der Waals surface area contributed by atoms with E-state index in [0.717, 1.165) is 0 Å². The van der Waals surface area contributed by atoms with E-state index < -0.39 is 5.97 Å². The monoisotopic (exact) mass is 142 g/mol. The van der Waals surface area contributed by atoms with Crippen LogP contribution >= 0.6 is 0 Å². The van der Waals surface area contributed by atoms with Gasteiger partial charge in [-0.05, 0) is 6.92 Å². The van der Waals surface area contributed by atoms with Gasteiger partial charge in [-0.2, -0.15) is 0 Å². The maximum Gasteiger partial charge on any atom is 0.362 e. The zero-order valence-corrected chi connectivity index (χ0v) is 5.62. The van der Waals surface area contributed by atoms with Crippen LogP contribution in [0.1, 0.15) is 16.2 Å². The lowest BCUT2D eigenvalue weighted by Crippen LogP contribution is -2.03. The number of esters is 1. The summed E-state index contributed by atoms with van der Waals surface area (Å²) in [6.45, 7) is 1.59. The SMILES string of the molecule is COC(=O)c1nnoc1C. The molecule has 0 atom stereocenters. The van der Waals surface area contributed by atoms with Gasteiger partial charge in [-0.1, -0.05) is 0 Å². The second-order valence-corrected chi connectivity index (χ2v) is 1.67. The molecule has 0 aliphatic heterocycles. The Balaban J connectivity index is 2.93. The maximum absolute atomic E-state index is 10.7. The van der Waals surface area contributed by atoms with Crippen LogP contribution in [0.4, 0.5) is 0 Å². The van der Waals surface area contributed by atoms with Crippen molar-refractivity contribution in [2.75, 3.05) is 7.11 Å². The normalized spacial score (nSPS) is 9.40. The molecule has 5 nitrogen and oxygen atoms in total. The average molecular weight is 142 g/mol. The number of hydrogen-bond acceptors (Lipinski definition) is 5. The highest BCUT2D eigenvalue weighted by atomic mass is 16.5. The molecule has 0 saturated heterocycles. The van der Waals surface area contributed by atoms with Crippen LogP contribution in [0.5, 0.6) is 0 Å². The van der Waals surface area contributed by atoms with Crippen LogP contribution in [0.25, 0.3) is 0 Å². The molecular weight excluding hydrogens is 136 g/mol. The molecule has 5 heteroatoms. The van der Waals surface area contributed by atoms with Crippen LogP contribution in [-0.2, 0) is 4.74 Å². The van der Waals surface area contributed by atoms with Crippen molar-refractivity contribution < 1.29 is 14.1 Å². The van der Waals surface area contributed by atoms with E-state index in [2.05, 4.69) is 19.6 Å². The number of methoxy groups -OCH3 is 1. The molecule has 0 bridgehead atoms. The van der Waals surface area contributed by atoms with Crippen LogP contribution in [-0.4, -0.2) is 23.4 Å². The third-order valence-electron chi connectivity index (χ3n) is 1.03. The minimum atomic E-state index is -0.529. The highest BCUT2D eigenvalue weighted by Gasteiger charge is 2.14. The Morgan fingerprint density at radius 3 is 2.80 bits per heavy atom. The van der Waals surface area contributed by atoms with Crippen molar-refractivity contribution in [1.82, 2.24) is 10.4 Å². The summed E-state index contributed by atoms with van der Waals surface area (Å²) in [5.41, 5.74) is 0.127. The summed E-state index contributed by atoms with van der Waals surface area (Å²) in [4.78, 5) is 10.7. The molecule has 0 fully saturated rings. The van der Waals surface area contributed by atoms with Crippen molar-refractivity contribution in [2.24, 2.45) is 0 Å². The van der Waals surface area contributed by atoms with Gasteiger partial charge in [0.1, 0.15) is 0 Å². The standard InChI is InChI=1S/C5H6N2O3/c1-3-4(5(8)9-2)6-7-10-3/h1-2H3. The molecule has 0 aliphatic rings. The molecule has 10 heavy (non-hydrogen) atoms. The molecule has 0 saturated carbocycles. The second kappa shape index (κ2) is 2.47.